The molecule has 1 aliphatic rings. The number of hydrogen-bond acceptors (Lipinski definition) is 5. The van der Waals surface area contributed by atoms with E-state index in [-0.39, 0.29) is 11.7 Å². The van der Waals surface area contributed by atoms with Gasteiger partial charge < -0.3 is 15.0 Å². The van der Waals surface area contributed by atoms with E-state index in [9.17, 15) is 18.0 Å². The standard InChI is InChI=1S/C20H23F3N4O2/c21-20(22,23)15-29-17-6-4-16(5-7-17)13-25-19(28)14-26-9-11-27(12-10-26)18-3-1-2-8-24-18/h1-8H,9-15H2,(H,25,28). The molecule has 0 radical (unpaired) electrons. The maximum Gasteiger partial charge on any atom is 0.422 e. The third-order valence-electron chi connectivity index (χ3n) is 4.53. The third kappa shape index (κ3) is 6.94. The second kappa shape index (κ2) is 9.60. The summed E-state index contributed by atoms with van der Waals surface area (Å²) in [4.78, 5) is 20.8. The monoisotopic (exact) mass is 408 g/mol. The van der Waals surface area contributed by atoms with Gasteiger partial charge in [-0.1, -0.05) is 18.2 Å². The molecule has 2 aromatic rings. The molecule has 1 amide bonds. The van der Waals surface area contributed by atoms with Crippen molar-refractivity contribution in [2.75, 3.05) is 44.2 Å². The molecule has 1 saturated heterocycles. The second-order valence-electron chi connectivity index (χ2n) is 6.78. The van der Waals surface area contributed by atoms with Gasteiger partial charge in [0.15, 0.2) is 6.61 Å². The molecule has 0 unspecified atom stereocenters. The van der Waals surface area contributed by atoms with Crippen molar-refractivity contribution in [1.82, 2.24) is 15.2 Å². The zero-order chi connectivity index (χ0) is 20.7. The van der Waals surface area contributed by atoms with Crippen LogP contribution in [0.4, 0.5) is 19.0 Å². The Morgan fingerprint density at radius 3 is 2.41 bits per heavy atom. The fourth-order valence-electron chi connectivity index (χ4n) is 3.00. The maximum absolute atomic E-state index is 12.2. The van der Waals surface area contributed by atoms with Crippen LogP contribution in [0, 0.1) is 0 Å². The predicted molar refractivity (Wildman–Crippen MR) is 103 cm³/mol. The Morgan fingerprint density at radius 1 is 1.07 bits per heavy atom. The van der Waals surface area contributed by atoms with Gasteiger partial charge in [-0.25, -0.2) is 4.98 Å². The molecule has 1 aromatic heterocycles. The van der Waals surface area contributed by atoms with Gasteiger partial charge in [0.2, 0.25) is 5.91 Å². The molecule has 1 N–H and O–H groups in total. The normalized spacial score (nSPS) is 15.2. The summed E-state index contributed by atoms with van der Waals surface area (Å²) in [6.07, 6.45) is -2.60. The average Bonchev–Trinajstić information content (AvgIpc) is 2.72. The first kappa shape index (κ1) is 20.9. The van der Waals surface area contributed by atoms with Crippen LogP contribution in [-0.2, 0) is 11.3 Å². The van der Waals surface area contributed by atoms with Gasteiger partial charge in [-0.05, 0) is 29.8 Å². The molecule has 3 rings (SSSR count). The van der Waals surface area contributed by atoms with Crippen LogP contribution in [0.15, 0.2) is 48.7 Å². The highest BCUT2D eigenvalue weighted by molar-refractivity contribution is 5.78. The van der Waals surface area contributed by atoms with Gasteiger partial charge in [-0.15, -0.1) is 0 Å². The van der Waals surface area contributed by atoms with Gasteiger partial charge in [0.1, 0.15) is 11.6 Å². The lowest BCUT2D eigenvalue weighted by Crippen LogP contribution is -2.49. The summed E-state index contributed by atoms with van der Waals surface area (Å²) in [6.45, 7) is 2.46. The number of halogens is 3. The van der Waals surface area contributed by atoms with E-state index in [0.717, 1.165) is 37.6 Å². The van der Waals surface area contributed by atoms with E-state index in [1.807, 2.05) is 18.2 Å². The summed E-state index contributed by atoms with van der Waals surface area (Å²) in [6, 6.07) is 12.0. The fourth-order valence-corrected chi connectivity index (χ4v) is 3.00. The minimum Gasteiger partial charge on any atom is -0.484 e. The van der Waals surface area contributed by atoms with Crippen molar-refractivity contribution < 1.29 is 22.7 Å². The van der Waals surface area contributed by atoms with Crippen molar-refractivity contribution in [3.63, 3.8) is 0 Å². The molecular weight excluding hydrogens is 385 g/mol. The lowest BCUT2D eigenvalue weighted by molar-refractivity contribution is -0.153. The third-order valence-corrected chi connectivity index (χ3v) is 4.53. The summed E-state index contributed by atoms with van der Waals surface area (Å²) in [5.41, 5.74) is 0.790. The van der Waals surface area contributed by atoms with Crippen LogP contribution in [-0.4, -0.2) is 61.3 Å². The Morgan fingerprint density at radius 2 is 1.79 bits per heavy atom. The number of nitrogens with one attached hydrogen (secondary N) is 1. The zero-order valence-corrected chi connectivity index (χ0v) is 15.9. The first-order valence-electron chi connectivity index (χ1n) is 9.32. The number of carbonyl (C=O) groups is 1. The number of pyridine rings is 1. The van der Waals surface area contributed by atoms with Gasteiger partial charge in [-0.3, -0.25) is 9.69 Å². The largest absolute Gasteiger partial charge is 0.484 e. The molecule has 1 aromatic carbocycles. The highest BCUT2D eigenvalue weighted by Gasteiger charge is 2.28. The van der Waals surface area contributed by atoms with Crippen molar-refractivity contribution in [3.05, 3.63) is 54.2 Å². The zero-order valence-electron chi connectivity index (χ0n) is 15.9. The minimum atomic E-state index is -4.37. The molecule has 0 bridgehead atoms. The van der Waals surface area contributed by atoms with E-state index in [4.69, 9.17) is 0 Å². The van der Waals surface area contributed by atoms with Gasteiger partial charge in [-0.2, -0.15) is 13.2 Å². The van der Waals surface area contributed by atoms with E-state index < -0.39 is 12.8 Å². The smallest absolute Gasteiger partial charge is 0.422 e. The quantitative estimate of drug-likeness (QED) is 0.763. The molecular formula is C20H23F3N4O2. The first-order valence-corrected chi connectivity index (χ1v) is 9.32. The van der Waals surface area contributed by atoms with Gasteiger partial charge in [0, 0.05) is 38.9 Å². The molecule has 1 fully saturated rings. The van der Waals surface area contributed by atoms with Crippen LogP contribution in [0.1, 0.15) is 5.56 Å². The van der Waals surface area contributed by atoms with Crippen LogP contribution < -0.4 is 15.0 Å². The van der Waals surface area contributed by atoms with Crippen molar-refractivity contribution in [1.29, 1.82) is 0 Å². The van der Waals surface area contributed by atoms with Gasteiger partial charge >= 0.3 is 6.18 Å². The Kier molecular flexibility index (Phi) is 6.92. The number of nitrogens with zero attached hydrogens (tertiary/aromatic N) is 3. The van der Waals surface area contributed by atoms with E-state index in [2.05, 4.69) is 24.8 Å². The number of hydrogen-bond donors (Lipinski definition) is 1. The predicted octanol–water partition coefficient (Wildman–Crippen LogP) is 2.46. The molecule has 6 nitrogen and oxygen atoms in total. The molecule has 0 aliphatic carbocycles. The van der Waals surface area contributed by atoms with Crippen LogP contribution in [0.5, 0.6) is 5.75 Å². The van der Waals surface area contributed by atoms with Crippen LogP contribution in [0.2, 0.25) is 0 Å². The second-order valence-corrected chi connectivity index (χ2v) is 6.78. The van der Waals surface area contributed by atoms with E-state index in [0.29, 0.717) is 13.1 Å². The molecule has 1 aliphatic heterocycles. The lowest BCUT2D eigenvalue weighted by atomic mass is 10.2. The van der Waals surface area contributed by atoms with E-state index in [1.54, 1.807) is 18.3 Å². The van der Waals surface area contributed by atoms with E-state index >= 15 is 0 Å². The summed E-state index contributed by atoms with van der Waals surface area (Å²) in [5.74, 6) is 0.996. The Balaban J connectivity index is 1.37. The van der Waals surface area contributed by atoms with Crippen molar-refractivity contribution in [2.24, 2.45) is 0 Å². The molecule has 0 spiro atoms. The number of carbonyl (C=O) groups excluding carboxylic acids is 1. The number of anilines is 1. The van der Waals surface area contributed by atoms with Crippen LogP contribution >= 0.6 is 0 Å². The summed E-state index contributed by atoms with van der Waals surface area (Å²) in [5, 5.41) is 2.84. The number of rotatable bonds is 7. The molecule has 9 heteroatoms. The lowest BCUT2D eigenvalue weighted by Gasteiger charge is -2.34. The number of benzene rings is 1. The van der Waals surface area contributed by atoms with Crippen LogP contribution in [0.3, 0.4) is 0 Å². The molecule has 156 valence electrons. The molecule has 2 heterocycles. The molecule has 29 heavy (non-hydrogen) atoms. The van der Waals surface area contributed by atoms with E-state index in [1.165, 1.54) is 12.1 Å². The average molecular weight is 408 g/mol. The molecule has 0 saturated carbocycles. The van der Waals surface area contributed by atoms with Gasteiger partial charge in [0.25, 0.3) is 0 Å². The number of alkyl halides is 3. The van der Waals surface area contributed by atoms with Crippen molar-refractivity contribution in [2.45, 2.75) is 12.7 Å². The summed E-state index contributed by atoms with van der Waals surface area (Å²) >= 11 is 0. The maximum atomic E-state index is 12.2. The number of piperazine rings is 1. The highest BCUT2D eigenvalue weighted by Crippen LogP contribution is 2.19. The summed E-state index contributed by atoms with van der Waals surface area (Å²) in [7, 11) is 0. The Labute approximate surface area is 167 Å². The topological polar surface area (TPSA) is 57.7 Å². The number of amides is 1. The van der Waals surface area contributed by atoms with Crippen molar-refractivity contribution in [3.8, 4) is 5.75 Å². The first-order chi connectivity index (χ1) is 13.9. The Bertz CT molecular complexity index is 777. The Hall–Kier alpha value is -2.81. The fraction of sp³-hybridized carbons (Fsp3) is 0.400. The van der Waals surface area contributed by atoms with Gasteiger partial charge in [0.05, 0.1) is 6.54 Å². The molecule has 0 atom stereocenters. The summed E-state index contributed by atoms with van der Waals surface area (Å²) < 4.78 is 41.1. The van der Waals surface area contributed by atoms with Crippen LogP contribution in [0.25, 0.3) is 0 Å². The number of ether oxygens (including phenoxy) is 1. The SMILES string of the molecule is O=C(CN1CCN(c2ccccn2)CC1)NCc1ccc(OCC(F)(F)F)cc1. The minimum absolute atomic E-state index is 0.0892. The number of aromatic nitrogens is 1. The van der Waals surface area contributed by atoms with Crippen molar-refractivity contribution >= 4 is 11.7 Å². The highest BCUT2D eigenvalue weighted by atomic mass is 19.4.